The zero-order chi connectivity index (χ0) is 13.4. The van der Waals surface area contributed by atoms with Crippen LogP contribution in [0.2, 0.25) is 5.02 Å². The summed E-state index contributed by atoms with van der Waals surface area (Å²) in [5.41, 5.74) is 1.40. The fraction of sp³-hybridized carbons (Fsp3) is 0.364. The molecule has 0 bridgehead atoms. The van der Waals surface area contributed by atoms with Crippen molar-refractivity contribution in [3.63, 3.8) is 0 Å². The Hall–Kier alpha value is -1.07. The minimum Gasteiger partial charge on any atom is -0.465 e. The van der Waals surface area contributed by atoms with E-state index in [1.807, 2.05) is 0 Å². The van der Waals surface area contributed by atoms with Crippen LogP contribution in [0, 0.1) is 13.8 Å². The molecule has 0 aromatic heterocycles. The molecule has 0 saturated heterocycles. The van der Waals surface area contributed by atoms with Gasteiger partial charge in [0.05, 0.1) is 22.6 Å². The highest BCUT2D eigenvalue weighted by Gasteiger charge is 2.21. The van der Waals surface area contributed by atoms with Gasteiger partial charge in [0.1, 0.15) is 0 Å². The minimum absolute atomic E-state index is 0.0531. The number of hydrogen-bond acceptors (Lipinski definition) is 4. The zero-order valence-electron chi connectivity index (χ0n) is 10.00. The van der Waals surface area contributed by atoms with Gasteiger partial charge in [-0.15, -0.1) is 0 Å². The maximum absolute atomic E-state index is 11.5. The summed E-state index contributed by atoms with van der Waals surface area (Å²) in [7, 11) is -2.23. The minimum atomic E-state index is -3.48. The van der Waals surface area contributed by atoms with Crippen molar-refractivity contribution in [2.75, 3.05) is 13.4 Å². The number of ether oxygens (including phenoxy) is 1. The summed E-state index contributed by atoms with van der Waals surface area (Å²) >= 11 is 5.97. The maximum Gasteiger partial charge on any atom is 0.338 e. The average Bonchev–Trinajstić information content (AvgIpc) is 2.23. The van der Waals surface area contributed by atoms with Crippen LogP contribution in [0.3, 0.4) is 0 Å². The van der Waals surface area contributed by atoms with Crippen LogP contribution in [0.4, 0.5) is 0 Å². The first-order valence-electron chi connectivity index (χ1n) is 4.78. The number of halogens is 1. The van der Waals surface area contributed by atoms with Gasteiger partial charge in [-0.25, -0.2) is 13.2 Å². The first kappa shape index (κ1) is 14.0. The van der Waals surface area contributed by atoms with Crippen LogP contribution >= 0.6 is 11.6 Å². The molecule has 0 heterocycles. The molecule has 94 valence electrons. The Balaban J connectivity index is 3.68. The standard InChI is InChI=1S/C11H13ClO4S/c1-6-7(2)10(12)9(17(4,14)15)5-8(6)11(13)16-3/h5H,1-4H3. The number of sulfone groups is 1. The second kappa shape index (κ2) is 4.66. The van der Waals surface area contributed by atoms with Crippen molar-refractivity contribution in [2.24, 2.45) is 0 Å². The number of hydrogen-bond donors (Lipinski definition) is 0. The molecule has 0 aliphatic heterocycles. The Morgan fingerprint density at radius 2 is 1.82 bits per heavy atom. The largest absolute Gasteiger partial charge is 0.465 e. The second-order valence-electron chi connectivity index (χ2n) is 3.75. The Morgan fingerprint density at radius 1 is 1.29 bits per heavy atom. The fourth-order valence-electron chi connectivity index (χ4n) is 1.45. The molecule has 0 aliphatic rings. The van der Waals surface area contributed by atoms with E-state index >= 15 is 0 Å². The number of carbonyl (C=O) groups excluding carboxylic acids is 1. The number of rotatable bonds is 2. The molecule has 0 atom stereocenters. The van der Waals surface area contributed by atoms with Gasteiger partial charge in [-0.2, -0.15) is 0 Å². The first-order valence-corrected chi connectivity index (χ1v) is 7.05. The van der Waals surface area contributed by atoms with Gasteiger partial charge in [0.15, 0.2) is 9.84 Å². The van der Waals surface area contributed by atoms with E-state index < -0.39 is 15.8 Å². The molecule has 0 N–H and O–H groups in total. The predicted octanol–water partition coefficient (Wildman–Crippen LogP) is 2.15. The number of methoxy groups -OCH3 is 1. The fourth-order valence-corrected chi connectivity index (χ4v) is 2.87. The molecular weight excluding hydrogens is 264 g/mol. The van der Waals surface area contributed by atoms with Crippen LogP contribution in [0.5, 0.6) is 0 Å². The molecule has 0 fully saturated rings. The van der Waals surface area contributed by atoms with Gasteiger partial charge in [-0.3, -0.25) is 0 Å². The third-order valence-electron chi connectivity index (χ3n) is 2.59. The van der Waals surface area contributed by atoms with E-state index in [0.29, 0.717) is 11.1 Å². The highest BCUT2D eigenvalue weighted by Crippen LogP contribution is 2.30. The van der Waals surface area contributed by atoms with Crippen molar-refractivity contribution >= 4 is 27.4 Å². The summed E-state index contributed by atoms with van der Waals surface area (Å²) in [5.74, 6) is -0.577. The first-order chi connectivity index (χ1) is 7.70. The van der Waals surface area contributed by atoms with Crippen molar-refractivity contribution in [3.05, 3.63) is 27.8 Å². The average molecular weight is 277 g/mol. The normalized spacial score (nSPS) is 11.4. The predicted molar refractivity (Wildman–Crippen MR) is 65.4 cm³/mol. The highest BCUT2D eigenvalue weighted by atomic mass is 35.5. The van der Waals surface area contributed by atoms with Gasteiger partial charge >= 0.3 is 5.97 Å². The Bertz CT molecular complexity index is 576. The molecular formula is C11H13ClO4S. The Labute approximate surface area is 105 Å². The summed E-state index contributed by atoms with van der Waals surface area (Å²) in [4.78, 5) is 11.5. The summed E-state index contributed by atoms with van der Waals surface area (Å²) < 4.78 is 27.7. The zero-order valence-corrected chi connectivity index (χ0v) is 11.6. The van der Waals surface area contributed by atoms with Crippen molar-refractivity contribution in [2.45, 2.75) is 18.7 Å². The van der Waals surface area contributed by atoms with Crippen LogP contribution in [0.15, 0.2) is 11.0 Å². The highest BCUT2D eigenvalue weighted by molar-refractivity contribution is 7.90. The van der Waals surface area contributed by atoms with Gasteiger partial charge in [0.2, 0.25) is 0 Å². The molecule has 1 aromatic carbocycles. The second-order valence-corrected chi connectivity index (χ2v) is 6.11. The lowest BCUT2D eigenvalue weighted by atomic mass is 10.0. The summed E-state index contributed by atoms with van der Waals surface area (Å²) in [5, 5.41) is 0.151. The smallest absolute Gasteiger partial charge is 0.338 e. The molecule has 0 unspecified atom stereocenters. The SMILES string of the molecule is COC(=O)c1cc(S(C)(=O)=O)c(Cl)c(C)c1C. The Morgan fingerprint density at radius 3 is 2.24 bits per heavy atom. The molecule has 1 rings (SSSR count). The Kier molecular flexibility index (Phi) is 3.84. The molecule has 0 spiro atoms. The molecule has 6 heteroatoms. The molecule has 1 aromatic rings. The molecule has 0 saturated carbocycles. The monoisotopic (exact) mass is 276 g/mol. The summed E-state index contributed by atoms with van der Waals surface area (Å²) in [6.45, 7) is 3.36. The lowest BCUT2D eigenvalue weighted by molar-refractivity contribution is 0.0599. The van der Waals surface area contributed by atoms with E-state index in [1.54, 1.807) is 13.8 Å². The third kappa shape index (κ3) is 2.61. The molecule has 0 amide bonds. The van der Waals surface area contributed by atoms with E-state index in [2.05, 4.69) is 4.74 Å². The quantitative estimate of drug-likeness (QED) is 0.777. The molecule has 0 aliphatic carbocycles. The number of carbonyl (C=O) groups is 1. The van der Waals surface area contributed by atoms with E-state index in [4.69, 9.17) is 11.6 Å². The lowest BCUT2D eigenvalue weighted by Gasteiger charge is -2.12. The molecule has 0 radical (unpaired) electrons. The van der Waals surface area contributed by atoms with E-state index in [0.717, 1.165) is 6.26 Å². The van der Waals surface area contributed by atoms with Gasteiger partial charge < -0.3 is 4.74 Å². The van der Waals surface area contributed by atoms with Gasteiger partial charge in [-0.05, 0) is 31.0 Å². The van der Waals surface area contributed by atoms with Crippen LogP contribution in [0.25, 0.3) is 0 Å². The van der Waals surface area contributed by atoms with E-state index in [-0.39, 0.29) is 15.5 Å². The van der Waals surface area contributed by atoms with Gasteiger partial charge in [0, 0.05) is 6.26 Å². The summed E-state index contributed by atoms with van der Waals surface area (Å²) in [6.07, 6.45) is 1.05. The maximum atomic E-state index is 11.5. The number of esters is 1. The van der Waals surface area contributed by atoms with Gasteiger partial charge in [0.25, 0.3) is 0 Å². The van der Waals surface area contributed by atoms with Crippen LogP contribution in [-0.4, -0.2) is 27.8 Å². The number of benzene rings is 1. The van der Waals surface area contributed by atoms with Crippen molar-refractivity contribution < 1.29 is 17.9 Å². The molecule has 17 heavy (non-hydrogen) atoms. The van der Waals surface area contributed by atoms with E-state index in [1.165, 1.54) is 13.2 Å². The van der Waals surface area contributed by atoms with Crippen molar-refractivity contribution in [3.8, 4) is 0 Å². The van der Waals surface area contributed by atoms with Gasteiger partial charge in [-0.1, -0.05) is 11.6 Å². The van der Waals surface area contributed by atoms with E-state index in [9.17, 15) is 13.2 Å². The van der Waals surface area contributed by atoms with Crippen LogP contribution < -0.4 is 0 Å². The summed E-state index contributed by atoms with van der Waals surface area (Å²) in [6, 6.07) is 1.26. The van der Waals surface area contributed by atoms with Crippen molar-refractivity contribution in [1.82, 2.24) is 0 Å². The van der Waals surface area contributed by atoms with Crippen LogP contribution in [0.1, 0.15) is 21.5 Å². The van der Waals surface area contributed by atoms with Crippen molar-refractivity contribution in [1.29, 1.82) is 0 Å². The third-order valence-corrected chi connectivity index (χ3v) is 4.31. The van der Waals surface area contributed by atoms with Crippen LogP contribution in [-0.2, 0) is 14.6 Å². The molecule has 4 nitrogen and oxygen atoms in total. The topological polar surface area (TPSA) is 60.4 Å². The lowest BCUT2D eigenvalue weighted by Crippen LogP contribution is -2.09.